The fourth-order valence-electron chi connectivity index (χ4n) is 4.01. The third-order valence-electron chi connectivity index (χ3n) is 5.97. The lowest BCUT2D eigenvalue weighted by Gasteiger charge is -2.11. The fraction of sp³-hybridized carbons (Fsp3) is 0.100. The molecule has 0 saturated heterocycles. The number of carbonyl (C=O) groups is 2. The number of furan rings is 1. The normalized spacial score (nSPS) is 14.2. The van der Waals surface area contributed by atoms with E-state index in [0.717, 1.165) is 5.56 Å². The van der Waals surface area contributed by atoms with Crippen molar-refractivity contribution >= 4 is 52.6 Å². The zero-order chi connectivity index (χ0) is 26.6. The number of hydrazone groups is 1. The Morgan fingerprint density at radius 2 is 1.82 bits per heavy atom. The van der Waals surface area contributed by atoms with Crippen LogP contribution in [0.5, 0.6) is 0 Å². The molecule has 0 aliphatic carbocycles. The van der Waals surface area contributed by atoms with Gasteiger partial charge in [-0.05, 0) is 67.1 Å². The molecule has 0 spiro atoms. The summed E-state index contributed by atoms with van der Waals surface area (Å²) in [5, 5.41) is 6.49. The lowest BCUT2D eigenvalue weighted by molar-refractivity contribution is -0.114. The van der Waals surface area contributed by atoms with Crippen molar-refractivity contribution in [2.24, 2.45) is 5.10 Å². The Hall–Kier alpha value is -4.13. The number of amides is 1. The summed E-state index contributed by atoms with van der Waals surface area (Å²) in [6.07, 6.45) is 2.25. The molecule has 1 aliphatic heterocycles. The number of nitrogens with zero attached hydrogens (tertiary/aromatic N) is 2. The highest BCUT2D eigenvalue weighted by Gasteiger charge is 2.29. The van der Waals surface area contributed by atoms with Gasteiger partial charge in [0.25, 0.3) is 5.91 Å². The molecule has 0 radical (unpaired) electrons. The van der Waals surface area contributed by atoms with Crippen LogP contribution in [0.15, 0.2) is 100 Å². The molecule has 2 heterocycles. The second-order valence-corrected chi connectivity index (χ2v) is 9.45. The molecule has 0 unspecified atom stereocenters. The average Bonchev–Trinajstić information content (AvgIpc) is 3.50. The third kappa shape index (κ3) is 5.57. The van der Waals surface area contributed by atoms with Gasteiger partial charge in [-0.1, -0.05) is 59.6 Å². The summed E-state index contributed by atoms with van der Waals surface area (Å²) in [4.78, 5) is 25.7. The first-order valence-corrected chi connectivity index (χ1v) is 12.6. The van der Waals surface area contributed by atoms with E-state index in [2.05, 4.69) is 5.10 Å². The van der Waals surface area contributed by atoms with Crippen molar-refractivity contribution < 1.29 is 18.7 Å². The quantitative estimate of drug-likeness (QED) is 0.179. The Bertz CT molecular complexity index is 1570. The molecule has 8 heteroatoms. The summed E-state index contributed by atoms with van der Waals surface area (Å²) >= 11 is 12.4. The van der Waals surface area contributed by atoms with Crippen LogP contribution in [0.3, 0.4) is 0 Å². The highest BCUT2D eigenvalue weighted by molar-refractivity contribution is 6.34. The van der Waals surface area contributed by atoms with Gasteiger partial charge in [-0.15, -0.1) is 0 Å². The number of esters is 1. The van der Waals surface area contributed by atoms with E-state index in [1.165, 1.54) is 5.01 Å². The van der Waals surface area contributed by atoms with Gasteiger partial charge in [0.2, 0.25) is 0 Å². The van der Waals surface area contributed by atoms with Crippen LogP contribution in [0.4, 0.5) is 5.69 Å². The molecule has 0 atom stereocenters. The zero-order valence-electron chi connectivity index (χ0n) is 20.4. The van der Waals surface area contributed by atoms with Gasteiger partial charge in [0, 0.05) is 17.0 Å². The van der Waals surface area contributed by atoms with Crippen LogP contribution in [0.2, 0.25) is 10.0 Å². The number of hydrogen-bond acceptors (Lipinski definition) is 5. The second kappa shape index (κ2) is 11.1. The van der Waals surface area contributed by atoms with Crippen molar-refractivity contribution in [2.45, 2.75) is 13.3 Å². The van der Waals surface area contributed by atoms with Crippen molar-refractivity contribution in [3.05, 3.63) is 117 Å². The number of anilines is 1. The highest BCUT2D eigenvalue weighted by Crippen LogP contribution is 2.30. The molecule has 3 aromatic carbocycles. The Morgan fingerprint density at radius 3 is 2.61 bits per heavy atom. The Labute approximate surface area is 229 Å². The molecule has 0 saturated carbocycles. The Kier molecular flexibility index (Phi) is 7.45. The van der Waals surface area contributed by atoms with Crippen LogP contribution in [-0.4, -0.2) is 24.2 Å². The van der Waals surface area contributed by atoms with Crippen LogP contribution >= 0.6 is 23.2 Å². The largest absolute Gasteiger partial charge is 0.462 e. The minimum atomic E-state index is -0.508. The molecule has 0 bridgehead atoms. The Balaban J connectivity index is 1.31. The Morgan fingerprint density at radius 1 is 1.00 bits per heavy atom. The number of rotatable bonds is 7. The monoisotopic (exact) mass is 544 g/mol. The van der Waals surface area contributed by atoms with Crippen molar-refractivity contribution in [3.63, 3.8) is 0 Å². The topological polar surface area (TPSA) is 72.1 Å². The summed E-state index contributed by atoms with van der Waals surface area (Å²) < 4.78 is 11.4. The molecule has 38 heavy (non-hydrogen) atoms. The van der Waals surface area contributed by atoms with E-state index < -0.39 is 5.97 Å². The molecule has 1 aliphatic rings. The van der Waals surface area contributed by atoms with Crippen molar-refractivity contribution in [1.29, 1.82) is 0 Å². The van der Waals surface area contributed by atoms with E-state index in [1.807, 2.05) is 30.3 Å². The number of ether oxygens (including phenoxy) is 1. The number of halogens is 2. The van der Waals surface area contributed by atoms with E-state index in [1.54, 1.807) is 67.6 Å². The minimum absolute atomic E-state index is 0.239. The highest BCUT2D eigenvalue weighted by atomic mass is 35.5. The van der Waals surface area contributed by atoms with E-state index in [0.29, 0.717) is 45.5 Å². The molecule has 4 aromatic rings. The van der Waals surface area contributed by atoms with Crippen LogP contribution in [0.1, 0.15) is 28.6 Å². The first-order chi connectivity index (χ1) is 18.4. The van der Waals surface area contributed by atoms with Crippen LogP contribution in [0.25, 0.3) is 17.4 Å². The van der Waals surface area contributed by atoms with Crippen molar-refractivity contribution in [2.75, 3.05) is 11.6 Å². The number of carbonyl (C=O) groups excluding carboxylic acids is 2. The van der Waals surface area contributed by atoms with E-state index >= 15 is 0 Å². The smallest absolute Gasteiger partial charge is 0.339 e. The van der Waals surface area contributed by atoms with Gasteiger partial charge in [-0.25, -0.2) is 4.79 Å². The minimum Gasteiger partial charge on any atom is -0.462 e. The second-order valence-electron chi connectivity index (χ2n) is 8.61. The van der Waals surface area contributed by atoms with Gasteiger partial charge in [0.1, 0.15) is 11.5 Å². The van der Waals surface area contributed by atoms with Gasteiger partial charge in [-0.3, -0.25) is 4.79 Å². The van der Waals surface area contributed by atoms with E-state index in [9.17, 15) is 9.59 Å². The van der Waals surface area contributed by atoms with Crippen LogP contribution < -0.4 is 5.01 Å². The summed E-state index contributed by atoms with van der Waals surface area (Å²) in [6, 6.07) is 25.2. The molecule has 5 rings (SSSR count). The molecule has 6 nitrogen and oxygen atoms in total. The van der Waals surface area contributed by atoms with E-state index in [-0.39, 0.29) is 23.1 Å². The van der Waals surface area contributed by atoms with Gasteiger partial charge in [0.15, 0.2) is 0 Å². The zero-order valence-corrected chi connectivity index (χ0v) is 21.9. The summed E-state index contributed by atoms with van der Waals surface area (Å²) in [5.41, 5.74) is 3.52. The lowest BCUT2D eigenvalue weighted by atomic mass is 10.1. The van der Waals surface area contributed by atoms with Crippen molar-refractivity contribution in [1.82, 2.24) is 0 Å². The maximum Gasteiger partial charge on any atom is 0.339 e. The van der Waals surface area contributed by atoms with Gasteiger partial charge in [-0.2, -0.15) is 10.1 Å². The summed E-state index contributed by atoms with van der Waals surface area (Å²) in [5.74, 6) is 0.187. The first kappa shape index (κ1) is 25.5. The number of hydrogen-bond donors (Lipinski definition) is 0. The molecule has 1 aromatic heterocycles. The molecular weight excluding hydrogens is 523 g/mol. The first-order valence-electron chi connectivity index (χ1n) is 11.9. The predicted molar refractivity (Wildman–Crippen MR) is 150 cm³/mol. The fourth-order valence-corrected chi connectivity index (χ4v) is 4.39. The van der Waals surface area contributed by atoms with Gasteiger partial charge >= 0.3 is 5.97 Å². The van der Waals surface area contributed by atoms with E-state index in [4.69, 9.17) is 32.4 Å². The van der Waals surface area contributed by atoms with Crippen LogP contribution in [0, 0.1) is 0 Å². The standard InChI is InChI=1S/C30H22Cl2N2O4/c1-19-25(29(35)34(33-19)23-9-5-8-22(31)17-23)18-24-11-13-28(38-24)21-10-12-27(32)26(16-21)30(36)37-15-14-20-6-3-2-4-7-20/h2-13,16-18H,14-15H2,1H3/b25-18+. The third-order valence-corrected chi connectivity index (χ3v) is 6.53. The molecule has 190 valence electrons. The molecule has 0 fully saturated rings. The maximum absolute atomic E-state index is 13.0. The number of benzene rings is 3. The van der Waals surface area contributed by atoms with Crippen LogP contribution in [-0.2, 0) is 16.0 Å². The maximum atomic E-state index is 13.0. The molecular formula is C30H22Cl2N2O4. The average molecular weight is 545 g/mol. The van der Waals surface area contributed by atoms with Gasteiger partial charge < -0.3 is 9.15 Å². The molecule has 1 amide bonds. The summed E-state index contributed by atoms with van der Waals surface area (Å²) in [6.45, 7) is 2.00. The lowest BCUT2D eigenvalue weighted by Crippen LogP contribution is -2.21. The van der Waals surface area contributed by atoms with Crippen molar-refractivity contribution in [3.8, 4) is 11.3 Å². The van der Waals surface area contributed by atoms with Gasteiger partial charge in [0.05, 0.1) is 34.2 Å². The molecule has 0 N–H and O–H groups in total. The summed E-state index contributed by atoms with van der Waals surface area (Å²) in [7, 11) is 0. The SMILES string of the molecule is CC1=NN(c2cccc(Cl)c2)C(=O)/C1=C/c1ccc(-c2ccc(Cl)c(C(=O)OCCc3ccccc3)c2)o1. The predicted octanol–water partition coefficient (Wildman–Crippen LogP) is 7.46.